The topological polar surface area (TPSA) is 103 Å². The molecule has 0 bridgehead atoms. The second-order valence-electron chi connectivity index (χ2n) is 7.18. The minimum atomic E-state index is -0.450. The lowest BCUT2D eigenvalue weighted by Crippen LogP contribution is -2.35. The Hall–Kier alpha value is -2.97. The van der Waals surface area contributed by atoms with Crippen molar-refractivity contribution in [1.29, 1.82) is 0 Å². The van der Waals surface area contributed by atoms with Crippen molar-refractivity contribution in [1.82, 2.24) is 19.7 Å². The van der Waals surface area contributed by atoms with Crippen molar-refractivity contribution in [3.8, 4) is 0 Å². The predicted octanol–water partition coefficient (Wildman–Crippen LogP) is 1.47. The van der Waals surface area contributed by atoms with Crippen molar-refractivity contribution in [2.45, 2.75) is 25.5 Å². The maximum atomic E-state index is 12.8. The SMILES string of the molecule is Cn1ncc2c(=O)c(C(=O)Nc3ccccc3CN3CCC(O)CC3)c[nH]c21. The van der Waals surface area contributed by atoms with Crippen LogP contribution in [0.2, 0.25) is 0 Å². The molecule has 1 aliphatic rings. The van der Waals surface area contributed by atoms with Gasteiger partial charge in [-0.05, 0) is 24.5 Å². The molecule has 0 unspecified atom stereocenters. The number of rotatable bonds is 4. The van der Waals surface area contributed by atoms with E-state index in [2.05, 4.69) is 20.3 Å². The van der Waals surface area contributed by atoms with Crippen LogP contribution in [0.4, 0.5) is 5.69 Å². The van der Waals surface area contributed by atoms with Crippen molar-refractivity contribution in [2.24, 2.45) is 7.05 Å². The van der Waals surface area contributed by atoms with Crippen LogP contribution in [0.25, 0.3) is 11.0 Å². The zero-order chi connectivity index (χ0) is 19.7. The molecular weight excluding hydrogens is 358 g/mol. The number of fused-ring (bicyclic) bond motifs is 1. The first kappa shape index (κ1) is 18.4. The molecule has 8 nitrogen and oxygen atoms in total. The summed E-state index contributed by atoms with van der Waals surface area (Å²) < 4.78 is 1.56. The van der Waals surface area contributed by atoms with E-state index in [0.717, 1.165) is 31.5 Å². The summed E-state index contributed by atoms with van der Waals surface area (Å²) in [6.07, 6.45) is 4.18. The third kappa shape index (κ3) is 3.56. The third-order valence-electron chi connectivity index (χ3n) is 5.24. The second kappa shape index (κ2) is 7.57. The van der Waals surface area contributed by atoms with Crippen molar-refractivity contribution in [2.75, 3.05) is 18.4 Å². The fourth-order valence-corrected chi connectivity index (χ4v) is 3.58. The van der Waals surface area contributed by atoms with E-state index < -0.39 is 5.91 Å². The van der Waals surface area contributed by atoms with Crippen LogP contribution in [0.1, 0.15) is 28.8 Å². The van der Waals surface area contributed by atoms with Gasteiger partial charge in [-0.25, -0.2) is 0 Å². The number of benzene rings is 1. The molecule has 146 valence electrons. The van der Waals surface area contributed by atoms with Crippen LogP contribution in [0.3, 0.4) is 0 Å². The molecule has 1 fully saturated rings. The number of hydrogen-bond donors (Lipinski definition) is 3. The summed E-state index contributed by atoms with van der Waals surface area (Å²) in [4.78, 5) is 30.6. The first-order valence-electron chi connectivity index (χ1n) is 9.36. The van der Waals surface area contributed by atoms with Gasteiger partial charge in [-0.2, -0.15) is 5.10 Å². The number of aromatic nitrogens is 3. The quantitative estimate of drug-likeness (QED) is 0.635. The van der Waals surface area contributed by atoms with Gasteiger partial charge in [-0.15, -0.1) is 0 Å². The Morgan fingerprint density at radius 3 is 2.86 bits per heavy atom. The van der Waals surface area contributed by atoms with Crippen molar-refractivity contribution in [3.05, 3.63) is 58.0 Å². The average Bonchev–Trinajstić information content (AvgIpc) is 3.07. The van der Waals surface area contributed by atoms with Gasteiger partial charge in [0.15, 0.2) is 0 Å². The number of hydrogen-bond acceptors (Lipinski definition) is 5. The molecule has 3 N–H and O–H groups in total. The lowest BCUT2D eigenvalue weighted by atomic mass is 10.1. The van der Waals surface area contributed by atoms with Crippen LogP contribution < -0.4 is 10.7 Å². The number of aliphatic hydroxyl groups excluding tert-OH is 1. The van der Waals surface area contributed by atoms with Crippen LogP contribution in [-0.4, -0.2) is 49.9 Å². The van der Waals surface area contributed by atoms with Gasteiger partial charge in [0.05, 0.1) is 17.7 Å². The minimum absolute atomic E-state index is 0.0522. The fourth-order valence-electron chi connectivity index (χ4n) is 3.58. The molecule has 2 aromatic heterocycles. The molecule has 3 heterocycles. The standard InChI is InChI=1S/C20H23N5O3/c1-24-19-15(11-22-24)18(27)16(10-21-19)20(28)23-17-5-3-2-4-13(17)12-25-8-6-14(26)7-9-25/h2-5,10-11,14,26H,6-9,12H2,1H3,(H,21,27)(H,23,28). The van der Waals surface area contributed by atoms with Crippen molar-refractivity contribution in [3.63, 3.8) is 0 Å². The number of amides is 1. The van der Waals surface area contributed by atoms with E-state index in [1.54, 1.807) is 11.7 Å². The summed E-state index contributed by atoms with van der Waals surface area (Å²) in [6.45, 7) is 2.32. The van der Waals surface area contributed by atoms with Gasteiger partial charge in [0.2, 0.25) is 5.43 Å². The normalized spacial score (nSPS) is 15.8. The van der Waals surface area contributed by atoms with E-state index in [4.69, 9.17) is 0 Å². The molecule has 0 atom stereocenters. The maximum absolute atomic E-state index is 12.8. The second-order valence-corrected chi connectivity index (χ2v) is 7.18. The molecule has 1 saturated heterocycles. The van der Waals surface area contributed by atoms with E-state index in [0.29, 0.717) is 23.3 Å². The first-order valence-corrected chi connectivity index (χ1v) is 9.36. The number of carbonyl (C=O) groups excluding carboxylic acids is 1. The number of nitrogens with zero attached hydrogens (tertiary/aromatic N) is 3. The molecule has 3 aromatic rings. The Kier molecular flexibility index (Phi) is 4.97. The third-order valence-corrected chi connectivity index (χ3v) is 5.24. The van der Waals surface area contributed by atoms with Gasteiger partial charge in [0.1, 0.15) is 11.2 Å². The van der Waals surface area contributed by atoms with E-state index in [1.165, 1.54) is 12.4 Å². The number of aliphatic hydroxyl groups is 1. The molecule has 0 saturated carbocycles. The highest BCUT2D eigenvalue weighted by atomic mass is 16.3. The molecule has 28 heavy (non-hydrogen) atoms. The van der Waals surface area contributed by atoms with E-state index in [9.17, 15) is 14.7 Å². The Labute approximate surface area is 161 Å². The van der Waals surface area contributed by atoms with Crippen LogP contribution in [0.5, 0.6) is 0 Å². The smallest absolute Gasteiger partial charge is 0.261 e. The molecule has 1 amide bonds. The largest absolute Gasteiger partial charge is 0.393 e. The first-order chi connectivity index (χ1) is 13.5. The summed E-state index contributed by atoms with van der Waals surface area (Å²) in [5.41, 5.74) is 1.95. The van der Waals surface area contributed by atoms with Gasteiger partial charge in [-0.1, -0.05) is 18.2 Å². The van der Waals surface area contributed by atoms with Gasteiger partial charge >= 0.3 is 0 Å². The number of nitrogens with one attached hydrogen (secondary N) is 2. The van der Waals surface area contributed by atoms with Gasteiger partial charge < -0.3 is 15.4 Å². The summed E-state index contributed by atoms with van der Waals surface area (Å²) in [6, 6.07) is 7.59. The molecule has 8 heteroatoms. The predicted molar refractivity (Wildman–Crippen MR) is 106 cm³/mol. The fraction of sp³-hybridized carbons (Fsp3) is 0.350. The van der Waals surface area contributed by atoms with E-state index in [-0.39, 0.29) is 17.1 Å². The maximum Gasteiger partial charge on any atom is 0.261 e. The number of carbonyl (C=O) groups is 1. The number of piperidine rings is 1. The van der Waals surface area contributed by atoms with Crippen LogP contribution >= 0.6 is 0 Å². The lowest BCUT2D eigenvalue weighted by Gasteiger charge is -2.30. The van der Waals surface area contributed by atoms with Crippen LogP contribution in [0, 0.1) is 0 Å². The number of anilines is 1. The molecule has 0 radical (unpaired) electrons. The average molecular weight is 381 g/mol. The van der Waals surface area contributed by atoms with Crippen molar-refractivity contribution >= 4 is 22.6 Å². The highest BCUT2D eigenvalue weighted by Crippen LogP contribution is 2.20. The number of aryl methyl sites for hydroxylation is 1. The van der Waals surface area contributed by atoms with Gasteiger partial charge in [-0.3, -0.25) is 19.2 Å². The lowest BCUT2D eigenvalue weighted by molar-refractivity contribution is 0.0793. The zero-order valence-electron chi connectivity index (χ0n) is 15.7. The highest BCUT2D eigenvalue weighted by molar-refractivity contribution is 6.05. The van der Waals surface area contributed by atoms with E-state index >= 15 is 0 Å². The summed E-state index contributed by atoms with van der Waals surface area (Å²) >= 11 is 0. The summed E-state index contributed by atoms with van der Waals surface area (Å²) in [5.74, 6) is -0.450. The van der Waals surface area contributed by atoms with Crippen LogP contribution in [0.15, 0.2) is 41.5 Å². The Morgan fingerprint density at radius 2 is 2.07 bits per heavy atom. The Bertz CT molecular complexity index is 1060. The number of likely N-dealkylation sites (tertiary alicyclic amines) is 1. The van der Waals surface area contributed by atoms with Crippen LogP contribution in [-0.2, 0) is 13.6 Å². The Morgan fingerprint density at radius 1 is 1.32 bits per heavy atom. The molecular formula is C20H23N5O3. The number of para-hydroxylation sites is 1. The molecule has 1 aliphatic heterocycles. The minimum Gasteiger partial charge on any atom is -0.393 e. The molecule has 0 spiro atoms. The Balaban J connectivity index is 1.55. The number of aromatic amines is 1. The molecule has 0 aliphatic carbocycles. The number of pyridine rings is 1. The van der Waals surface area contributed by atoms with Gasteiger partial charge in [0.25, 0.3) is 5.91 Å². The summed E-state index contributed by atoms with van der Waals surface area (Å²) in [7, 11) is 1.73. The van der Waals surface area contributed by atoms with Gasteiger partial charge in [0, 0.05) is 38.6 Å². The molecule has 4 rings (SSSR count). The van der Waals surface area contributed by atoms with Crippen molar-refractivity contribution < 1.29 is 9.90 Å². The van der Waals surface area contributed by atoms with E-state index in [1.807, 2.05) is 24.3 Å². The monoisotopic (exact) mass is 381 g/mol. The zero-order valence-corrected chi connectivity index (χ0v) is 15.7. The summed E-state index contributed by atoms with van der Waals surface area (Å²) in [5, 5.41) is 17.0. The molecule has 1 aromatic carbocycles. The highest BCUT2D eigenvalue weighted by Gasteiger charge is 2.19. The number of H-pyrrole nitrogens is 1.